The summed E-state index contributed by atoms with van der Waals surface area (Å²) in [5, 5.41) is 3.17. The number of aromatic nitrogens is 2. The van der Waals surface area contributed by atoms with Crippen molar-refractivity contribution in [3.8, 4) is 5.75 Å². The van der Waals surface area contributed by atoms with E-state index in [0.29, 0.717) is 12.6 Å². The first kappa shape index (κ1) is 24.7. The van der Waals surface area contributed by atoms with Crippen molar-refractivity contribution >= 4 is 39.9 Å². The van der Waals surface area contributed by atoms with Crippen LogP contribution >= 0.6 is 12.4 Å². The lowest BCUT2D eigenvalue weighted by Crippen LogP contribution is -2.53. The van der Waals surface area contributed by atoms with Crippen LogP contribution in [0.5, 0.6) is 5.75 Å². The van der Waals surface area contributed by atoms with Gasteiger partial charge in [0.1, 0.15) is 5.75 Å². The van der Waals surface area contributed by atoms with Gasteiger partial charge in [0, 0.05) is 68.0 Å². The molecule has 2 saturated heterocycles. The Morgan fingerprint density at radius 1 is 0.861 bits per heavy atom. The standard InChI is InChI=1S/C28H30FN5O.ClH/c1-35-23-17-21-7-4-11-31-28(21)26(19-23)33-15-13-32(14-16-33)22-9-12-34(29)25(18-22)24-8-2-5-20-6-3-10-30-27(20)24;/h2-8,10-11,17,19,22,25H,9,12-16,18H2,1H3;1H. The van der Waals surface area contributed by atoms with Gasteiger partial charge in [0.15, 0.2) is 0 Å². The molecule has 6 rings (SSSR count). The van der Waals surface area contributed by atoms with Gasteiger partial charge in [0.2, 0.25) is 0 Å². The highest BCUT2D eigenvalue weighted by Gasteiger charge is 2.35. The smallest absolute Gasteiger partial charge is 0.121 e. The number of benzene rings is 2. The molecule has 4 aromatic rings. The van der Waals surface area contributed by atoms with Crippen molar-refractivity contribution in [1.82, 2.24) is 20.0 Å². The minimum Gasteiger partial charge on any atom is -0.497 e. The van der Waals surface area contributed by atoms with Crippen molar-refractivity contribution in [2.24, 2.45) is 0 Å². The minimum atomic E-state index is -0.267. The summed E-state index contributed by atoms with van der Waals surface area (Å²) in [6.45, 7) is 4.17. The Hall–Kier alpha value is -3.00. The monoisotopic (exact) mass is 507 g/mol. The molecule has 0 saturated carbocycles. The second-order valence-electron chi connectivity index (χ2n) is 9.48. The van der Waals surface area contributed by atoms with E-state index < -0.39 is 0 Å². The van der Waals surface area contributed by atoms with Gasteiger partial charge < -0.3 is 9.64 Å². The van der Waals surface area contributed by atoms with E-state index in [4.69, 9.17) is 4.74 Å². The number of piperidine rings is 1. The molecule has 2 fully saturated rings. The number of para-hydroxylation sites is 1. The Balaban J connectivity index is 0.00000267. The molecule has 2 aliphatic heterocycles. The maximum absolute atomic E-state index is 15.1. The van der Waals surface area contributed by atoms with Gasteiger partial charge in [0.05, 0.1) is 29.9 Å². The van der Waals surface area contributed by atoms with Gasteiger partial charge >= 0.3 is 0 Å². The zero-order valence-corrected chi connectivity index (χ0v) is 21.2. The Kier molecular flexibility index (Phi) is 7.23. The first-order chi connectivity index (χ1) is 17.2. The number of hydrogen-bond donors (Lipinski definition) is 0. The van der Waals surface area contributed by atoms with Crippen molar-refractivity contribution in [2.75, 3.05) is 44.7 Å². The fraction of sp³-hybridized carbons (Fsp3) is 0.357. The highest BCUT2D eigenvalue weighted by molar-refractivity contribution is 5.92. The van der Waals surface area contributed by atoms with Crippen LogP contribution in [0, 0.1) is 0 Å². The summed E-state index contributed by atoms with van der Waals surface area (Å²) in [4.78, 5) is 14.2. The molecule has 0 radical (unpaired) electrons. The molecule has 2 unspecified atom stereocenters. The van der Waals surface area contributed by atoms with Crippen LogP contribution in [0.1, 0.15) is 24.4 Å². The summed E-state index contributed by atoms with van der Waals surface area (Å²) in [6.07, 6.45) is 5.26. The van der Waals surface area contributed by atoms with Crippen LogP contribution in [-0.2, 0) is 0 Å². The van der Waals surface area contributed by atoms with Gasteiger partial charge in [0.25, 0.3) is 0 Å². The molecular formula is C28H31ClFN5O. The van der Waals surface area contributed by atoms with E-state index in [1.807, 2.05) is 48.7 Å². The highest BCUT2D eigenvalue weighted by atomic mass is 35.5. The summed E-state index contributed by atoms with van der Waals surface area (Å²) in [6, 6.07) is 18.3. The number of nitrogens with zero attached hydrogens (tertiary/aromatic N) is 5. The van der Waals surface area contributed by atoms with E-state index >= 15 is 4.48 Å². The molecule has 0 aliphatic carbocycles. The van der Waals surface area contributed by atoms with Crippen molar-refractivity contribution < 1.29 is 9.22 Å². The third-order valence-corrected chi connectivity index (χ3v) is 7.60. The third kappa shape index (κ3) is 4.59. The predicted octanol–water partition coefficient (Wildman–Crippen LogP) is 5.43. The molecule has 36 heavy (non-hydrogen) atoms. The lowest BCUT2D eigenvalue weighted by molar-refractivity contribution is -0.0693. The average molecular weight is 508 g/mol. The molecular weight excluding hydrogens is 477 g/mol. The lowest BCUT2D eigenvalue weighted by Gasteiger charge is -2.44. The molecule has 188 valence electrons. The maximum Gasteiger partial charge on any atom is 0.121 e. The Morgan fingerprint density at radius 3 is 2.36 bits per heavy atom. The van der Waals surface area contributed by atoms with E-state index in [-0.39, 0.29) is 18.4 Å². The normalized spacial score (nSPS) is 21.4. The second-order valence-corrected chi connectivity index (χ2v) is 9.48. The van der Waals surface area contributed by atoms with Crippen molar-refractivity contribution in [3.63, 3.8) is 0 Å². The van der Waals surface area contributed by atoms with E-state index in [0.717, 1.165) is 82.9 Å². The number of anilines is 1. The SMILES string of the molecule is COc1cc(N2CCN(C3CCN(F)C(c4cccc5cccnc45)C3)CC2)c2ncccc2c1.Cl. The molecule has 2 aliphatic rings. The zero-order valence-electron chi connectivity index (χ0n) is 20.4. The minimum absolute atomic E-state index is 0. The van der Waals surface area contributed by atoms with Gasteiger partial charge in [-0.2, -0.15) is 0 Å². The summed E-state index contributed by atoms with van der Waals surface area (Å²) in [5.41, 5.74) is 4.03. The maximum atomic E-state index is 15.1. The van der Waals surface area contributed by atoms with E-state index in [2.05, 4.69) is 31.9 Å². The molecule has 4 heterocycles. The topological polar surface area (TPSA) is 44.7 Å². The van der Waals surface area contributed by atoms with Gasteiger partial charge in [-0.15, -0.1) is 22.0 Å². The van der Waals surface area contributed by atoms with E-state index in [1.165, 1.54) is 0 Å². The molecule has 0 amide bonds. The molecule has 0 N–H and O–H groups in total. The first-order valence-electron chi connectivity index (χ1n) is 12.4. The van der Waals surface area contributed by atoms with Crippen LogP contribution in [0.2, 0.25) is 0 Å². The molecule has 0 spiro atoms. The Labute approximate surface area is 217 Å². The predicted molar refractivity (Wildman–Crippen MR) is 145 cm³/mol. The van der Waals surface area contributed by atoms with Gasteiger partial charge in [-0.05, 0) is 36.6 Å². The van der Waals surface area contributed by atoms with Crippen LogP contribution in [0.15, 0.2) is 67.0 Å². The van der Waals surface area contributed by atoms with E-state index in [9.17, 15) is 0 Å². The van der Waals surface area contributed by atoms with Crippen LogP contribution in [0.4, 0.5) is 10.2 Å². The lowest BCUT2D eigenvalue weighted by atomic mass is 9.91. The van der Waals surface area contributed by atoms with Crippen LogP contribution in [0.25, 0.3) is 21.8 Å². The fourth-order valence-electron chi connectivity index (χ4n) is 5.76. The van der Waals surface area contributed by atoms with Gasteiger partial charge in [-0.3, -0.25) is 14.9 Å². The van der Waals surface area contributed by atoms with Gasteiger partial charge in [-0.1, -0.05) is 30.3 Å². The fourth-order valence-corrected chi connectivity index (χ4v) is 5.76. The molecule has 2 aromatic carbocycles. The average Bonchev–Trinajstić information content (AvgIpc) is 2.92. The van der Waals surface area contributed by atoms with Crippen molar-refractivity contribution in [2.45, 2.75) is 24.9 Å². The van der Waals surface area contributed by atoms with Crippen LogP contribution in [-0.4, -0.2) is 65.9 Å². The summed E-state index contributed by atoms with van der Waals surface area (Å²) in [7, 11) is 1.71. The largest absolute Gasteiger partial charge is 0.497 e. The Bertz CT molecular complexity index is 1340. The molecule has 2 aromatic heterocycles. The number of fused-ring (bicyclic) bond motifs is 2. The summed E-state index contributed by atoms with van der Waals surface area (Å²) in [5.74, 6) is 0.852. The summed E-state index contributed by atoms with van der Waals surface area (Å²) < 4.78 is 20.6. The molecule has 2 atom stereocenters. The van der Waals surface area contributed by atoms with E-state index in [1.54, 1.807) is 13.3 Å². The number of ether oxygens (including phenoxy) is 1. The Morgan fingerprint density at radius 2 is 1.58 bits per heavy atom. The number of rotatable bonds is 4. The van der Waals surface area contributed by atoms with Crippen molar-refractivity contribution in [1.29, 1.82) is 0 Å². The number of piperazine rings is 1. The number of halogens is 2. The number of pyridine rings is 2. The molecule has 0 bridgehead atoms. The number of hydrogen-bond acceptors (Lipinski definition) is 6. The third-order valence-electron chi connectivity index (χ3n) is 7.60. The highest BCUT2D eigenvalue weighted by Crippen LogP contribution is 2.37. The molecule has 6 nitrogen and oxygen atoms in total. The van der Waals surface area contributed by atoms with Gasteiger partial charge in [-0.25, -0.2) is 0 Å². The summed E-state index contributed by atoms with van der Waals surface area (Å²) >= 11 is 0. The van der Waals surface area contributed by atoms with Crippen LogP contribution < -0.4 is 9.64 Å². The molecule has 8 heteroatoms. The number of methoxy groups -OCH3 is 1. The van der Waals surface area contributed by atoms with Crippen LogP contribution in [0.3, 0.4) is 0 Å². The van der Waals surface area contributed by atoms with Crippen molar-refractivity contribution in [3.05, 3.63) is 72.6 Å². The first-order valence-corrected chi connectivity index (χ1v) is 12.4. The quantitative estimate of drug-likeness (QED) is 0.343. The zero-order chi connectivity index (χ0) is 23.8. The second kappa shape index (κ2) is 10.5.